The fourth-order valence-electron chi connectivity index (χ4n) is 5.79. The molecular formula is C40H39N3O3. The van der Waals surface area contributed by atoms with Gasteiger partial charge >= 0.3 is 0 Å². The van der Waals surface area contributed by atoms with Gasteiger partial charge in [0.1, 0.15) is 0 Å². The minimum absolute atomic E-state index is 0.175. The van der Waals surface area contributed by atoms with E-state index >= 15 is 0 Å². The van der Waals surface area contributed by atoms with E-state index in [0.717, 1.165) is 42.1 Å². The standard InChI is InChI=1S/C40H39N3O3/c1-3-45-36-24-34-35(25-37(36)46-4-2)42-40(44)38(34)39(32-18-12-7-13-19-32)41-33-22-20-31(21-23-33)28-43(26-29-14-8-5-9-15-29)27-30-16-10-6-11-17-30/h5-25,41H,3-4,26-28H2,1-2H3,(H,42,44). The van der Waals surface area contributed by atoms with Crippen molar-refractivity contribution in [2.75, 3.05) is 23.8 Å². The molecule has 46 heavy (non-hydrogen) atoms. The number of anilines is 2. The predicted octanol–water partition coefficient (Wildman–Crippen LogP) is 8.62. The van der Waals surface area contributed by atoms with E-state index < -0.39 is 0 Å². The Bertz CT molecular complexity index is 1750. The highest BCUT2D eigenvalue weighted by atomic mass is 16.5. The molecule has 0 spiro atoms. The van der Waals surface area contributed by atoms with E-state index in [4.69, 9.17) is 9.47 Å². The molecule has 0 aliphatic carbocycles. The summed E-state index contributed by atoms with van der Waals surface area (Å²) in [5.74, 6) is 1.05. The quantitative estimate of drug-likeness (QED) is 0.131. The summed E-state index contributed by atoms with van der Waals surface area (Å²) in [6.07, 6.45) is 0. The zero-order valence-corrected chi connectivity index (χ0v) is 26.3. The van der Waals surface area contributed by atoms with Gasteiger partial charge in [-0.25, -0.2) is 0 Å². The number of fused-ring (bicyclic) bond motifs is 1. The van der Waals surface area contributed by atoms with Gasteiger partial charge in [0.05, 0.1) is 30.2 Å². The van der Waals surface area contributed by atoms with Crippen LogP contribution in [0, 0.1) is 0 Å². The number of carbonyl (C=O) groups excluding carboxylic acids is 1. The topological polar surface area (TPSA) is 62.8 Å². The van der Waals surface area contributed by atoms with Gasteiger partial charge < -0.3 is 20.1 Å². The van der Waals surface area contributed by atoms with Crippen molar-refractivity contribution in [3.8, 4) is 11.5 Å². The van der Waals surface area contributed by atoms with Crippen LogP contribution in [0.25, 0.3) is 11.3 Å². The molecule has 0 radical (unpaired) electrons. The molecule has 232 valence electrons. The molecular weight excluding hydrogens is 570 g/mol. The molecule has 2 N–H and O–H groups in total. The van der Waals surface area contributed by atoms with Crippen LogP contribution in [0.1, 0.15) is 41.7 Å². The molecule has 6 heteroatoms. The molecule has 0 bridgehead atoms. The van der Waals surface area contributed by atoms with Gasteiger partial charge in [0.15, 0.2) is 11.5 Å². The fourth-order valence-corrected chi connectivity index (χ4v) is 5.79. The van der Waals surface area contributed by atoms with E-state index in [-0.39, 0.29) is 5.91 Å². The van der Waals surface area contributed by atoms with Crippen LogP contribution < -0.4 is 20.1 Å². The second kappa shape index (κ2) is 14.6. The third kappa shape index (κ3) is 7.31. The van der Waals surface area contributed by atoms with Gasteiger partial charge in [0.2, 0.25) is 0 Å². The number of nitrogens with one attached hydrogen (secondary N) is 2. The normalized spacial score (nSPS) is 13.2. The van der Waals surface area contributed by atoms with Crippen LogP contribution >= 0.6 is 0 Å². The van der Waals surface area contributed by atoms with Gasteiger partial charge in [-0.2, -0.15) is 0 Å². The lowest BCUT2D eigenvalue weighted by molar-refractivity contribution is -0.110. The Labute approximate surface area is 271 Å². The minimum atomic E-state index is -0.175. The Hall–Kier alpha value is -5.33. The molecule has 6 rings (SSSR count). The van der Waals surface area contributed by atoms with Crippen molar-refractivity contribution in [3.05, 3.63) is 155 Å². The summed E-state index contributed by atoms with van der Waals surface area (Å²) in [6.45, 7) is 7.36. The van der Waals surface area contributed by atoms with Gasteiger partial charge in [0.25, 0.3) is 5.91 Å². The maximum Gasteiger partial charge on any atom is 0.258 e. The Morgan fingerprint density at radius 3 is 1.70 bits per heavy atom. The van der Waals surface area contributed by atoms with Crippen molar-refractivity contribution in [2.24, 2.45) is 0 Å². The number of benzene rings is 5. The Kier molecular flexibility index (Phi) is 9.76. The first kappa shape index (κ1) is 30.7. The van der Waals surface area contributed by atoms with Crippen LogP contribution in [0.5, 0.6) is 11.5 Å². The van der Waals surface area contributed by atoms with Crippen LogP contribution in [0.15, 0.2) is 127 Å². The molecule has 1 heterocycles. The molecule has 5 aromatic carbocycles. The molecule has 0 unspecified atom stereocenters. The Morgan fingerprint density at radius 1 is 0.652 bits per heavy atom. The van der Waals surface area contributed by atoms with Gasteiger partial charge in [0, 0.05) is 37.0 Å². The van der Waals surface area contributed by atoms with Crippen LogP contribution in [0.2, 0.25) is 0 Å². The maximum atomic E-state index is 13.6. The third-order valence-electron chi connectivity index (χ3n) is 7.87. The third-order valence-corrected chi connectivity index (χ3v) is 7.87. The monoisotopic (exact) mass is 609 g/mol. The summed E-state index contributed by atoms with van der Waals surface area (Å²) < 4.78 is 11.7. The highest BCUT2D eigenvalue weighted by Gasteiger charge is 2.30. The molecule has 1 aliphatic rings. The predicted molar refractivity (Wildman–Crippen MR) is 187 cm³/mol. The van der Waals surface area contributed by atoms with E-state index in [1.54, 1.807) is 0 Å². The average Bonchev–Trinajstić information content (AvgIpc) is 3.40. The lowest BCUT2D eigenvalue weighted by Crippen LogP contribution is -2.22. The summed E-state index contributed by atoms with van der Waals surface area (Å²) in [4.78, 5) is 16.0. The van der Waals surface area contributed by atoms with Crippen molar-refractivity contribution in [2.45, 2.75) is 33.5 Å². The number of carbonyl (C=O) groups is 1. The van der Waals surface area contributed by atoms with Crippen LogP contribution in [0.3, 0.4) is 0 Å². The molecule has 0 fully saturated rings. The van der Waals surface area contributed by atoms with Crippen molar-refractivity contribution in [1.29, 1.82) is 0 Å². The van der Waals surface area contributed by atoms with Crippen molar-refractivity contribution in [1.82, 2.24) is 4.90 Å². The van der Waals surface area contributed by atoms with E-state index in [0.29, 0.717) is 36.0 Å². The van der Waals surface area contributed by atoms with Crippen LogP contribution in [0.4, 0.5) is 11.4 Å². The minimum Gasteiger partial charge on any atom is -0.490 e. The van der Waals surface area contributed by atoms with E-state index in [1.807, 2.05) is 56.3 Å². The lowest BCUT2D eigenvalue weighted by atomic mass is 9.99. The number of rotatable bonds is 13. The Balaban J connectivity index is 1.30. The highest BCUT2D eigenvalue weighted by Crippen LogP contribution is 2.43. The number of ether oxygens (including phenoxy) is 2. The van der Waals surface area contributed by atoms with Crippen LogP contribution in [-0.2, 0) is 24.4 Å². The van der Waals surface area contributed by atoms with E-state index in [9.17, 15) is 4.79 Å². The molecule has 5 aromatic rings. The fraction of sp³-hybridized carbons (Fsp3) is 0.175. The second-order valence-corrected chi connectivity index (χ2v) is 11.2. The number of amides is 1. The smallest absolute Gasteiger partial charge is 0.258 e. The molecule has 0 saturated carbocycles. The van der Waals surface area contributed by atoms with Gasteiger partial charge in [-0.3, -0.25) is 9.69 Å². The zero-order valence-electron chi connectivity index (χ0n) is 26.3. The first-order chi connectivity index (χ1) is 22.6. The molecule has 0 saturated heterocycles. The molecule has 0 aromatic heterocycles. The summed E-state index contributed by atoms with van der Waals surface area (Å²) in [7, 11) is 0. The molecule has 1 amide bonds. The number of nitrogens with zero attached hydrogens (tertiary/aromatic N) is 1. The molecule has 6 nitrogen and oxygen atoms in total. The lowest BCUT2D eigenvalue weighted by Gasteiger charge is -2.23. The van der Waals surface area contributed by atoms with Crippen molar-refractivity contribution >= 4 is 28.6 Å². The van der Waals surface area contributed by atoms with Gasteiger partial charge in [-0.05, 0) is 54.3 Å². The number of hydrogen-bond acceptors (Lipinski definition) is 5. The largest absolute Gasteiger partial charge is 0.490 e. The first-order valence-electron chi connectivity index (χ1n) is 15.8. The van der Waals surface area contributed by atoms with Crippen LogP contribution in [-0.4, -0.2) is 24.0 Å². The summed E-state index contributed by atoms with van der Waals surface area (Å²) >= 11 is 0. The van der Waals surface area contributed by atoms with E-state index in [2.05, 4.69) is 100 Å². The van der Waals surface area contributed by atoms with Crippen molar-refractivity contribution in [3.63, 3.8) is 0 Å². The summed E-state index contributed by atoms with van der Waals surface area (Å²) in [5.41, 5.74) is 8.35. The second-order valence-electron chi connectivity index (χ2n) is 11.2. The average molecular weight is 610 g/mol. The van der Waals surface area contributed by atoms with E-state index in [1.165, 1.54) is 16.7 Å². The van der Waals surface area contributed by atoms with Gasteiger partial charge in [-0.15, -0.1) is 0 Å². The van der Waals surface area contributed by atoms with Gasteiger partial charge in [-0.1, -0.05) is 103 Å². The summed E-state index contributed by atoms with van der Waals surface area (Å²) in [6, 6.07) is 43.4. The molecule has 1 aliphatic heterocycles. The van der Waals surface area contributed by atoms with Crippen molar-refractivity contribution < 1.29 is 14.3 Å². The molecule has 0 atom stereocenters. The summed E-state index contributed by atoms with van der Waals surface area (Å²) in [5, 5.41) is 6.64. The SMILES string of the molecule is CCOc1cc2c(cc1OCC)C(=C(Nc1ccc(CN(Cc3ccccc3)Cc3ccccc3)cc1)c1ccccc1)C(=O)N2. The highest BCUT2D eigenvalue weighted by molar-refractivity contribution is 6.37. The number of hydrogen-bond donors (Lipinski definition) is 2. The Morgan fingerprint density at radius 2 is 1.15 bits per heavy atom. The first-order valence-corrected chi connectivity index (χ1v) is 15.8. The maximum absolute atomic E-state index is 13.6. The zero-order chi connectivity index (χ0) is 31.7.